The van der Waals surface area contributed by atoms with E-state index in [2.05, 4.69) is 34.1 Å². The molecule has 3 rings (SSSR count). The second-order valence-corrected chi connectivity index (χ2v) is 4.65. The molecular formula is C14H18N2. The zero-order valence-electron chi connectivity index (χ0n) is 9.58. The standard InChI is InChI=1S/C14H18N2/c1-2-4-10-16(9-3-1)13-5-6-14-12(11-13)7-8-15-14/h5-8,11,15H,1-4,9-10H2. The van der Waals surface area contributed by atoms with E-state index in [9.17, 15) is 0 Å². The molecule has 0 spiro atoms. The Bertz CT molecular complexity index is 464. The van der Waals surface area contributed by atoms with Gasteiger partial charge in [-0.1, -0.05) is 12.8 Å². The summed E-state index contributed by atoms with van der Waals surface area (Å²) in [5, 5.41) is 1.32. The van der Waals surface area contributed by atoms with Crippen molar-refractivity contribution in [3.63, 3.8) is 0 Å². The fourth-order valence-corrected chi connectivity index (χ4v) is 2.57. The first-order valence-corrected chi connectivity index (χ1v) is 6.25. The van der Waals surface area contributed by atoms with Crippen molar-refractivity contribution >= 4 is 16.6 Å². The van der Waals surface area contributed by atoms with Gasteiger partial charge in [-0.3, -0.25) is 0 Å². The molecule has 2 nitrogen and oxygen atoms in total. The Morgan fingerprint density at radius 1 is 0.938 bits per heavy atom. The maximum atomic E-state index is 3.24. The van der Waals surface area contributed by atoms with E-state index in [0.717, 1.165) is 0 Å². The van der Waals surface area contributed by atoms with E-state index in [4.69, 9.17) is 0 Å². The van der Waals surface area contributed by atoms with Crippen LogP contribution in [0, 0.1) is 0 Å². The first-order valence-electron chi connectivity index (χ1n) is 6.25. The minimum atomic E-state index is 1.22. The number of H-pyrrole nitrogens is 1. The Balaban J connectivity index is 1.91. The molecule has 0 saturated carbocycles. The van der Waals surface area contributed by atoms with Gasteiger partial charge in [0.25, 0.3) is 0 Å². The lowest BCUT2D eigenvalue weighted by molar-refractivity contribution is 0.726. The van der Waals surface area contributed by atoms with Gasteiger partial charge < -0.3 is 9.88 Å². The monoisotopic (exact) mass is 214 g/mol. The van der Waals surface area contributed by atoms with Crippen molar-refractivity contribution < 1.29 is 0 Å². The fourth-order valence-electron chi connectivity index (χ4n) is 2.57. The van der Waals surface area contributed by atoms with Crippen molar-refractivity contribution in [2.45, 2.75) is 25.7 Å². The van der Waals surface area contributed by atoms with Gasteiger partial charge in [0.2, 0.25) is 0 Å². The summed E-state index contributed by atoms with van der Waals surface area (Å²) >= 11 is 0. The molecule has 0 bridgehead atoms. The second-order valence-electron chi connectivity index (χ2n) is 4.65. The van der Waals surface area contributed by atoms with Crippen molar-refractivity contribution in [2.75, 3.05) is 18.0 Å². The molecule has 2 aromatic rings. The average molecular weight is 214 g/mol. The van der Waals surface area contributed by atoms with Gasteiger partial charge in [0.05, 0.1) is 0 Å². The lowest BCUT2D eigenvalue weighted by Crippen LogP contribution is -2.23. The molecule has 1 saturated heterocycles. The van der Waals surface area contributed by atoms with Crippen LogP contribution in [-0.2, 0) is 0 Å². The van der Waals surface area contributed by atoms with Crippen LogP contribution in [0.4, 0.5) is 5.69 Å². The van der Waals surface area contributed by atoms with Crippen LogP contribution in [0.2, 0.25) is 0 Å². The molecule has 1 N–H and O–H groups in total. The summed E-state index contributed by atoms with van der Waals surface area (Å²) in [7, 11) is 0. The summed E-state index contributed by atoms with van der Waals surface area (Å²) in [6, 6.07) is 8.88. The van der Waals surface area contributed by atoms with Crippen molar-refractivity contribution in [2.24, 2.45) is 0 Å². The molecule has 1 fully saturated rings. The van der Waals surface area contributed by atoms with Crippen LogP contribution in [0.3, 0.4) is 0 Å². The molecule has 1 aromatic heterocycles. The minimum Gasteiger partial charge on any atom is -0.372 e. The quantitative estimate of drug-likeness (QED) is 0.769. The van der Waals surface area contributed by atoms with E-state index in [-0.39, 0.29) is 0 Å². The zero-order valence-corrected chi connectivity index (χ0v) is 9.58. The number of aromatic nitrogens is 1. The van der Waals surface area contributed by atoms with Gasteiger partial charge >= 0.3 is 0 Å². The summed E-state index contributed by atoms with van der Waals surface area (Å²) < 4.78 is 0. The number of hydrogen-bond acceptors (Lipinski definition) is 1. The molecule has 84 valence electrons. The van der Waals surface area contributed by atoms with Gasteiger partial charge in [0.1, 0.15) is 0 Å². The molecular weight excluding hydrogens is 196 g/mol. The Hall–Kier alpha value is -1.44. The number of benzene rings is 1. The van der Waals surface area contributed by atoms with Gasteiger partial charge in [0, 0.05) is 35.9 Å². The van der Waals surface area contributed by atoms with Crippen LogP contribution < -0.4 is 4.90 Å². The molecule has 0 amide bonds. The number of rotatable bonds is 1. The molecule has 0 radical (unpaired) electrons. The fraction of sp³-hybridized carbons (Fsp3) is 0.429. The van der Waals surface area contributed by atoms with Crippen molar-refractivity contribution in [3.8, 4) is 0 Å². The van der Waals surface area contributed by atoms with E-state index < -0.39 is 0 Å². The Kier molecular flexibility index (Phi) is 2.56. The third-order valence-electron chi connectivity index (χ3n) is 3.51. The van der Waals surface area contributed by atoms with Crippen LogP contribution >= 0.6 is 0 Å². The number of hydrogen-bond donors (Lipinski definition) is 1. The molecule has 2 heterocycles. The van der Waals surface area contributed by atoms with Crippen LogP contribution in [-0.4, -0.2) is 18.1 Å². The van der Waals surface area contributed by atoms with Gasteiger partial charge in [-0.2, -0.15) is 0 Å². The maximum absolute atomic E-state index is 3.24. The zero-order chi connectivity index (χ0) is 10.8. The molecule has 0 unspecified atom stereocenters. The molecule has 0 aliphatic carbocycles. The number of anilines is 1. The maximum Gasteiger partial charge on any atom is 0.0455 e. The van der Waals surface area contributed by atoms with E-state index in [1.165, 1.54) is 55.4 Å². The van der Waals surface area contributed by atoms with Gasteiger partial charge in [-0.05, 0) is 37.1 Å². The highest BCUT2D eigenvalue weighted by Crippen LogP contribution is 2.23. The topological polar surface area (TPSA) is 19.0 Å². The molecule has 0 atom stereocenters. The van der Waals surface area contributed by atoms with Crippen LogP contribution in [0.25, 0.3) is 10.9 Å². The normalized spacial score (nSPS) is 17.6. The van der Waals surface area contributed by atoms with Gasteiger partial charge in [-0.15, -0.1) is 0 Å². The van der Waals surface area contributed by atoms with Crippen LogP contribution in [0.1, 0.15) is 25.7 Å². The van der Waals surface area contributed by atoms with Crippen molar-refractivity contribution in [1.29, 1.82) is 0 Å². The van der Waals surface area contributed by atoms with Gasteiger partial charge in [0.15, 0.2) is 0 Å². The second kappa shape index (κ2) is 4.20. The molecule has 1 aliphatic rings. The van der Waals surface area contributed by atoms with E-state index in [0.29, 0.717) is 0 Å². The minimum absolute atomic E-state index is 1.22. The lowest BCUT2D eigenvalue weighted by Gasteiger charge is -2.22. The Morgan fingerprint density at radius 3 is 2.56 bits per heavy atom. The number of nitrogens with zero attached hydrogens (tertiary/aromatic N) is 1. The summed E-state index contributed by atoms with van der Waals surface area (Å²) in [4.78, 5) is 5.77. The van der Waals surface area contributed by atoms with Gasteiger partial charge in [-0.25, -0.2) is 0 Å². The Labute approximate surface area is 96.3 Å². The molecule has 1 aromatic carbocycles. The lowest BCUT2D eigenvalue weighted by atomic mass is 10.2. The largest absolute Gasteiger partial charge is 0.372 e. The Morgan fingerprint density at radius 2 is 1.75 bits per heavy atom. The van der Waals surface area contributed by atoms with Crippen molar-refractivity contribution in [1.82, 2.24) is 4.98 Å². The summed E-state index contributed by atoms with van der Waals surface area (Å²) in [5.41, 5.74) is 2.62. The van der Waals surface area contributed by atoms with Crippen molar-refractivity contribution in [3.05, 3.63) is 30.5 Å². The average Bonchev–Trinajstić information content (AvgIpc) is 2.61. The predicted molar refractivity (Wildman–Crippen MR) is 69.0 cm³/mol. The van der Waals surface area contributed by atoms with Crippen LogP contribution in [0.15, 0.2) is 30.5 Å². The highest BCUT2D eigenvalue weighted by atomic mass is 15.1. The number of aromatic amines is 1. The SMILES string of the molecule is c1cc2cc(N3CCCCCC3)ccc2[nH]1. The smallest absolute Gasteiger partial charge is 0.0455 e. The predicted octanol–water partition coefficient (Wildman–Crippen LogP) is 3.55. The summed E-state index contributed by atoms with van der Waals surface area (Å²) in [6.07, 6.45) is 7.47. The highest BCUT2D eigenvalue weighted by molar-refractivity contribution is 5.83. The molecule has 1 aliphatic heterocycles. The first kappa shape index (κ1) is 9.76. The van der Waals surface area contributed by atoms with E-state index in [1.54, 1.807) is 0 Å². The third kappa shape index (κ3) is 1.80. The third-order valence-corrected chi connectivity index (χ3v) is 3.51. The molecule has 16 heavy (non-hydrogen) atoms. The summed E-state index contributed by atoms with van der Waals surface area (Å²) in [6.45, 7) is 2.44. The first-order chi connectivity index (χ1) is 7.93. The number of fused-ring (bicyclic) bond motifs is 1. The highest BCUT2D eigenvalue weighted by Gasteiger charge is 2.10. The summed E-state index contributed by atoms with van der Waals surface area (Å²) in [5.74, 6) is 0. The molecule has 2 heteroatoms. The van der Waals surface area contributed by atoms with E-state index >= 15 is 0 Å². The van der Waals surface area contributed by atoms with Crippen LogP contribution in [0.5, 0.6) is 0 Å². The van der Waals surface area contributed by atoms with E-state index in [1.807, 2.05) is 6.20 Å². The number of nitrogens with one attached hydrogen (secondary N) is 1.